The fourth-order valence-corrected chi connectivity index (χ4v) is 3.88. The Hall–Kier alpha value is -0.300. The number of allylic oxidation sites excluding steroid dienone is 2. The van der Waals surface area contributed by atoms with Crippen LogP contribution in [0.4, 0.5) is 0 Å². The van der Waals surface area contributed by atoms with E-state index in [0.29, 0.717) is 11.5 Å². The van der Waals surface area contributed by atoms with Gasteiger partial charge in [0, 0.05) is 7.11 Å². The molecule has 2 aliphatic rings. The molecule has 0 bridgehead atoms. The van der Waals surface area contributed by atoms with Crippen molar-refractivity contribution in [3.8, 4) is 0 Å². The summed E-state index contributed by atoms with van der Waals surface area (Å²) in [4.78, 5) is 0. The maximum Gasteiger partial charge on any atom is 0.0607 e. The molecule has 1 nitrogen and oxygen atoms in total. The summed E-state index contributed by atoms with van der Waals surface area (Å²) in [7, 11) is 1.89. The van der Waals surface area contributed by atoms with Crippen molar-refractivity contribution in [3.63, 3.8) is 0 Å². The second kappa shape index (κ2) is 4.91. The molecule has 92 valence electrons. The van der Waals surface area contributed by atoms with Gasteiger partial charge in [0.15, 0.2) is 0 Å². The summed E-state index contributed by atoms with van der Waals surface area (Å²) in [5, 5.41) is 0. The Bertz CT molecular complexity index is 269. The third-order valence-corrected chi connectivity index (χ3v) is 4.75. The molecule has 0 aromatic heterocycles. The van der Waals surface area contributed by atoms with E-state index in [1.54, 1.807) is 5.57 Å². The Kier molecular flexibility index (Phi) is 3.73. The van der Waals surface area contributed by atoms with Gasteiger partial charge in [0.25, 0.3) is 0 Å². The lowest BCUT2D eigenvalue weighted by molar-refractivity contribution is -0.0471. The van der Waals surface area contributed by atoms with Crippen molar-refractivity contribution in [1.29, 1.82) is 0 Å². The fourth-order valence-electron chi connectivity index (χ4n) is 3.88. The van der Waals surface area contributed by atoms with Gasteiger partial charge in [0.1, 0.15) is 0 Å². The SMILES string of the molecule is CCCC1=CC[C@H]2[C@@H](OC)CCC[C@]2(C)C1. The van der Waals surface area contributed by atoms with E-state index in [1.807, 2.05) is 7.11 Å². The first-order chi connectivity index (χ1) is 7.69. The molecule has 0 amide bonds. The van der Waals surface area contributed by atoms with Gasteiger partial charge in [-0.2, -0.15) is 0 Å². The van der Waals surface area contributed by atoms with E-state index >= 15 is 0 Å². The maximum absolute atomic E-state index is 5.69. The summed E-state index contributed by atoms with van der Waals surface area (Å²) in [6.45, 7) is 4.78. The van der Waals surface area contributed by atoms with Gasteiger partial charge >= 0.3 is 0 Å². The maximum atomic E-state index is 5.69. The second-order valence-electron chi connectivity index (χ2n) is 5.95. The molecule has 1 fully saturated rings. The lowest BCUT2D eigenvalue weighted by Crippen LogP contribution is -2.42. The standard InChI is InChI=1S/C15H26O/c1-4-6-12-8-9-13-14(16-3)7-5-10-15(13,2)11-12/h8,13-14H,4-7,9-11H2,1-3H3/t13-,14-,15+/m0/s1. The Balaban J connectivity index is 2.12. The molecule has 1 heteroatoms. The molecule has 2 aliphatic carbocycles. The normalized spacial score (nSPS) is 39.1. The van der Waals surface area contributed by atoms with Crippen molar-refractivity contribution in [1.82, 2.24) is 0 Å². The third-order valence-electron chi connectivity index (χ3n) is 4.75. The van der Waals surface area contributed by atoms with Gasteiger partial charge in [-0.25, -0.2) is 0 Å². The first kappa shape index (κ1) is 12.2. The summed E-state index contributed by atoms with van der Waals surface area (Å²) in [5.74, 6) is 0.770. The van der Waals surface area contributed by atoms with Crippen LogP contribution in [0.3, 0.4) is 0 Å². The number of ether oxygens (including phenoxy) is 1. The molecule has 0 aromatic rings. The summed E-state index contributed by atoms with van der Waals surface area (Å²) in [5.41, 5.74) is 2.23. The quantitative estimate of drug-likeness (QED) is 0.646. The largest absolute Gasteiger partial charge is 0.381 e. The number of rotatable bonds is 3. The van der Waals surface area contributed by atoms with E-state index in [2.05, 4.69) is 19.9 Å². The van der Waals surface area contributed by atoms with Crippen LogP contribution in [0.5, 0.6) is 0 Å². The predicted octanol–water partition coefficient (Wildman–Crippen LogP) is 4.33. The molecule has 0 radical (unpaired) electrons. The second-order valence-corrected chi connectivity index (χ2v) is 5.95. The molecule has 16 heavy (non-hydrogen) atoms. The van der Waals surface area contributed by atoms with E-state index in [1.165, 1.54) is 44.9 Å². The van der Waals surface area contributed by atoms with Crippen LogP contribution < -0.4 is 0 Å². The first-order valence-corrected chi connectivity index (χ1v) is 6.90. The number of fused-ring (bicyclic) bond motifs is 1. The molecule has 0 N–H and O–H groups in total. The van der Waals surface area contributed by atoms with Crippen molar-refractivity contribution < 1.29 is 4.74 Å². The fraction of sp³-hybridized carbons (Fsp3) is 0.867. The molecule has 3 atom stereocenters. The lowest BCUT2D eigenvalue weighted by Gasteiger charge is -2.48. The van der Waals surface area contributed by atoms with Gasteiger partial charge < -0.3 is 4.74 Å². The zero-order valence-corrected chi connectivity index (χ0v) is 11.1. The highest BCUT2D eigenvalue weighted by molar-refractivity contribution is 5.14. The molecule has 0 unspecified atom stereocenters. The summed E-state index contributed by atoms with van der Waals surface area (Å²) in [6, 6.07) is 0. The van der Waals surface area contributed by atoms with Crippen LogP contribution in [0, 0.1) is 11.3 Å². The number of hydrogen-bond donors (Lipinski definition) is 0. The van der Waals surface area contributed by atoms with Crippen LogP contribution in [0.25, 0.3) is 0 Å². The molecule has 0 aliphatic heterocycles. The minimum atomic E-state index is 0.512. The molecule has 1 saturated carbocycles. The molecule has 0 spiro atoms. The molecular formula is C15H26O. The van der Waals surface area contributed by atoms with E-state index in [0.717, 1.165) is 5.92 Å². The van der Waals surface area contributed by atoms with Crippen LogP contribution >= 0.6 is 0 Å². The zero-order chi connectivity index (χ0) is 11.6. The van der Waals surface area contributed by atoms with Gasteiger partial charge in [-0.3, -0.25) is 0 Å². The van der Waals surface area contributed by atoms with E-state index in [-0.39, 0.29) is 0 Å². The van der Waals surface area contributed by atoms with Crippen molar-refractivity contribution >= 4 is 0 Å². The monoisotopic (exact) mass is 222 g/mol. The third kappa shape index (κ3) is 2.20. The van der Waals surface area contributed by atoms with Crippen molar-refractivity contribution in [2.75, 3.05) is 7.11 Å². The number of hydrogen-bond acceptors (Lipinski definition) is 1. The van der Waals surface area contributed by atoms with E-state index in [4.69, 9.17) is 4.74 Å². The van der Waals surface area contributed by atoms with Crippen LogP contribution in [0.15, 0.2) is 11.6 Å². The minimum Gasteiger partial charge on any atom is -0.381 e. The van der Waals surface area contributed by atoms with Crippen LogP contribution in [0.2, 0.25) is 0 Å². The van der Waals surface area contributed by atoms with Crippen molar-refractivity contribution in [3.05, 3.63) is 11.6 Å². The highest BCUT2D eigenvalue weighted by Crippen LogP contribution is 2.51. The summed E-state index contributed by atoms with van der Waals surface area (Å²) < 4.78 is 5.69. The highest BCUT2D eigenvalue weighted by atomic mass is 16.5. The van der Waals surface area contributed by atoms with E-state index < -0.39 is 0 Å². The smallest absolute Gasteiger partial charge is 0.0607 e. The lowest BCUT2D eigenvalue weighted by atomic mass is 9.59. The average molecular weight is 222 g/mol. The molecule has 2 rings (SSSR count). The first-order valence-electron chi connectivity index (χ1n) is 6.90. The van der Waals surface area contributed by atoms with Gasteiger partial charge in [-0.05, 0) is 43.4 Å². The molecular weight excluding hydrogens is 196 g/mol. The van der Waals surface area contributed by atoms with Gasteiger partial charge in [0.05, 0.1) is 6.10 Å². The van der Waals surface area contributed by atoms with Crippen molar-refractivity contribution in [2.24, 2.45) is 11.3 Å². The Labute approximate surface area is 100 Å². The number of methoxy groups -OCH3 is 1. The Morgan fingerprint density at radius 1 is 1.50 bits per heavy atom. The van der Waals surface area contributed by atoms with Gasteiger partial charge in [-0.15, -0.1) is 0 Å². The topological polar surface area (TPSA) is 9.23 Å². The molecule has 0 heterocycles. The van der Waals surface area contributed by atoms with Crippen LogP contribution in [-0.2, 0) is 4.74 Å². The van der Waals surface area contributed by atoms with Crippen molar-refractivity contribution in [2.45, 2.75) is 64.9 Å². The molecule has 0 aromatic carbocycles. The summed E-state index contributed by atoms with van der Waals surface area (Å²) in [6.07, 6.45) is 12.2. The van der Waals surface area contributed by atoms with E-state index in [9.17, 15) is 0 Å². The van der Waals surface area contributed by atoms with Gasteiger partial charge in [0.2, 0.25) is 0 Å². The van der Waals surface area contributed by atoms with Crippen LogP contribution in [-0.4, -0.2) is 13.2 Å². The summed E-state index contributed by atoms with van der Waals surface area (Å²) >= 11 is 0. The Morgan fingerprint density at radius 2 is 2.31 bits per heavy atom. The molecule has 0 saturated heterocycles. The predicted molar refractivity (Wildman–Crippen MR) is 68.5 cm³/mol. The van der Waals surface area contributed by atoms with Crippen LogP contribution in [0.1, 0.15) is 58.8 Å². The van der Waals surface area contributed by atoms with Gasteiger partial charge in [-0.1, -0.05) is 38.3 Å². The highest BCUT2D eigenvalue weighted by Gasteiger charge is 2.43. The zero-order valence-electron chi connectivity index (χ0n) is 11.1. The minimum absolute atomic E-state index is 0.512. The average Bonchev–Trinajstić information content (AvgIpc) is 2.27. The Morgan fingerprint density at radius 3 is 3.00 bits per heavy atom.